The molecular weight excluding hydrogens is 244 g/mol. The van der Waals surface area contributed by atoms with Crippen molar-refractivity contribution in [3.05, 3.63) is 18.3 Å². The van der Waals surface area contributed by atoms with Gasteiger partial charge < -0.3 is 15.2 Å². The van der Waals surface area contributed by atoms with Gasteiger partial charge in [0.1, 0.15) is 0 Å². The maximum atomic E-state index is 11.8. The van der Waals surface area contributed by atoms with Crippen LogP contribution in [0, 0.1) is 0 Å². The number of hydrogen-bond donors (Lipinski definition) is 1. The van der Waals surface area contributed by atoms with Crippen LogP contribution in [-0.2, 0) is 19.3 Å². The van der Waals surface area contributed by atoms with Crippen molar-refractivity contribution >= 4 is 15.5 Å². The Morgan fingerprint density at radius 3 is 2.76 bits per heavy atom. The second kappa shape index (κ2) is 6.53. The van der Waals surface area contributed by atoms with Crippen LogP contribution in [0.4, 0.5) is 5.69 Å². The molecule has 6 nitrogen and oxygen atoms in total. The summed E-state index contributed by atoms with van der Waals surface area (Å²) in [5, 5.41) is -0.0876. The number of hydrogen-bond acceptors (Lipinski definition) is 6. The van der Waals surface area contributed by atoms with E-state index in [1.54, 1.807) is 13.2 Å². The number of pyridine rings is 1. The standard InChI is InChI=1S/C10H16N2O4S/c1-15-5-6-16-7-8-17(13,14)10-9(11)3-2-4-12-10/h2-4H,5-8,11H2,1H3. The van der Waals surface area contributed by atoms with Gasteiger partial charge in [-0.2, -0.15) is 0 Å². The Balaban J connectivity index is 2.55. The van der Waals surface area contributed by atoms with E-state index >= 15 is 0 Å². The van der Waals surface area contributed by atoms with Crippen LogP contribution in [0.2, 0.25) is 0 Å². The molecule has 0 unspecified atom stereocenters. The van der Waals surface area contributed by atoms with Gasteiger partial charge in [-0.1, -0.05) is 0 Å². The molecule has 0 atom stereocenters. The molecule has 0 saturated carbocycles. The van der Waals surface area contributed by atoms with Crippen LogP contribution in [0.1, 0.15) is 0 Å². The van der Waals surface area contributed by atoms with Crippen molar-refractivity contribution in [1.82, 2.24) is 4.98 Å². The van der Waals surface area contributed by atoms with Crippen molar-refractivity contribution in [3.63, 3.8) is 0 Å². The molecule has 17 heavy (non-hydrogen) atoms. The van der Waals surface area contributed by atoms with Crippen molar-refractivity contribution in [1.29, 1.82) is 0 Å². The quantitative estimate of drug-likeness (QED) is 0.699. The molecule has 7 heteroatoms. The van der Waals surface area contributed by atoms with E-state index in [1.165, 1.54) is 12.3 Å². The smallest absolute Gasteiger partial charge is 0.199 e. The summed E-state index contributed by atoms with van der Waals surface area (Å²) in [7, 11) is -1.93. The lowest BCUT2D eigenvalue weighted by Gasteiger charge is -2.06. The molecule has 0 spiro atoms. The normalized spacial score (nSPS) is 11.6. The summed E-state index contributed by atoms with van der Waals surface area (Å²) in [6, 6.07) is 3.09. The Morgan fingerprint density at radius 2 is 2.12 bits per heavy atom. The first-order chi connectivity index (χ1) is 8.08. The lowest BCUT2D eigenvalue weighted by atomic mass is 10.4. The van der Waals surface area contributed by atoms with E-state index in [1.807, 2.05) is 0 Å². The maximum Gasteiger partial charge on any atom is 0.199 e. The fraction of sp³-hybridized carbons (Fsp3) is 0.500. The Bertz CT molecular complexity index is 447. The van der Waals surface area contributed by atoms with Gasteiger partial charge in [0, 0.05) is 13.3 Å². The van der Waals surface area contributed by atoms with Crippen LogP contribution in [0.5, 0.6) is 0 Å². The molecule has 0 aromatic carbocycles. The lowest BCUT2D eigenvalue weighted by molar-refractivity contribution is 0.0785. The molecular formula is C10H16N2O4S. The van der Waals surface area contributed by atoms with Crippen molar-refractivity contribution in [2.75, 3.05) is 38.4 Å². The number of nitrogens with two attached hydrogens (primary N) is 1. The molecule has 1 heterocycles. The number of rotatable bonds is 7. The number of sulfone groups is 1. The number of aromatic nitrogens is 1. The van der Waals surface area contributed by atoms with Crippen LogP contribution in [0.25, 0.3) is 0 Å². The monoisotopic (exact) mass is 260 g/mol. The van der Waals surface area contributed by atoms with E-state index in [-0.39, 0.29) is 23.1 Å². The fourth-order valence-corrected chi connectivity index (χ4v) is 2.35. The Hall–Kier alpha value is -1.18. The van der Waals surface area contributed by atoms with E-state index in [9.17, 15) is 8.42 Å². The summed E-state index contributed by atoms with van der Waals surface area (Å²) in [5.41, 5.74) is 5.71. The molecule has 1 rings (SSSR count). The predicted molar refractivity (Wildman–Crippen MR) is 63.4 cm³/mol. The van der Waals surface area contributed by atoms with Gasteiger partial charge in [0.15, 0.2) is 14.9 Å². The number of nitrogen functional groups attached to an aromatic ring is 1. The van der Waals surface area contributed by atoms with Crippen LogP contribution in [0.3, 0.4) is 0 Å². The highest BCUT2D eigenvalue weighted by Crippen LogP contribution is 2.15. The summed E-state index contributed by atoms with van der Waals surface area (Å²) in [4.78, 5) is 3.77. The predicted octanol–water partition coefficient (Wildman–Crippen LogP) is 0.100. The van der Waals surface area contributed by atoms with Crippen molar-refractivity contribution in [3.8, 4) is 0 Å². The molecule has 0 aliphatic rings. The Kier molecular flexibility index (Phi) is 5.33. The topological polar surface area (TPSA) is 91.5 Å². The van der Waals surface area contributed by atoms with Gasteiger partial charge in [-0.15, -0.1) is 0 Å². The minimum absolute atomic E-state index is 0.0876. The van der Waals surface area contributed by atoms with E-state index < -0.39 is 9.84 Å². The maximum absolute atomic E-state index is 11.8. The van der Waals surface area contributed by atoms with Gasteiger partial charge >= 0.3 is 0 Å². The molecule has 0 saturated heterocycles. The van der Waals surface area contributed by atoms with Gasteiger partial charge in [0.05, 0.1) is 31.3 Å². The van der Waals surface area contributed by atoms with Crippen LogP contribution in [-0.4, -0.2) is 46.1 Å². The number of nitrogens with zero attached hydrogens (tertiary/aromatic N) is 1. The molecule has 0 aliphatic carbocycles. The highest BCUT2D eigenvalue weighted by atomic mass is 32.2. The molecule has 0 fully saturated rings. The van der Waals surface area contributed by atoms with E-state index in [0.29, 0.717) is 13.2 Å². The third-order valence-corrected chi connectivity index (χ3v) is 3.66. The molecule has 0 radical (unpaired) electrons. The molecule has 96 valence electrons. The summed E-state index contributed by atoms with van der Waals surface area (Å²) >= 11 is 0. The van der Waals surface area contributed by atoms with E-state index in [2.05, 4.69) is 4.98 Å². The first-order valence-corrected chi connectivity index (χ1v) is 6.73. The van der Waals surface area contributed by atoms with Gasteiger partial charge in [-0.3, -0.25) is 0 Å². The fourth-order valence-electron chi connectivity index (χ4n) is 1.17. The molecule has 0 amide bonds. The lowest BCUT2D eigenvalue weighted by Crippen LogP contribution is -2.16. The Morgan fingerprint density at radius 1 is 1.35 bits per heavy atom. The van der Waals surface area contributed by atoms with Gasteiger partial charge in [0.25, 0.3) is 0 Å². The zero-order valence-electron chi connectivity index (χ0n) is 9.63. The molecule has 0 aliphatic heterocycles. The molecule has 1 aromatic heterocycles. The second-order valence-corrected chi connectivity index (χ2v) is 5.35. The average molecular weight is 260 g/mol. The van der Waals surface area contributed by atoms with E-state index in [4.69, 9.17) is 15.2 Å². The third-order valence-electron chi connectivity index (χ3n) is 2.02. The van der Waals surface area contributed by atoms with Crippen molar-refractivity contribution < 1.29 is 17.9 Å². The van der Waals surface area contributed by atoms with Crippen LogP contribution >= 0.6 is 0 Å². The summed E-state index contributed by atoms with van der Waals surface area (Å²) in [6.45, 7) is 0.900. The first kappa shape index (κ1) is 13.9. The number of ether oxygens (including phenoxy) is 2. The van der Waals surface area contributed by atoms with Crippen LogP contribution in [0.15, 0.2) is 23.4 Å². The first-order valence-electron chi connectivity index (χ1n) is 5.08. The zero-order chi connectivity index (χ0) is 12.7. The average Bonchev–Trinajstić information content (AvgIpc) is 2.29. The summed E-state index contributed by atoms with van der Waals surface area (Å²) in [5.74, 6) is -0.141. The zero-order valence-corrected chi connectivity index (χ0v) is 10.4. The molecule has 1 aromatic rings. The number of methoxy groups -OCH3 is 1. The summed E-state index contributed by atoms with van der Waals surface area (Å²) in [6.07, 6.45) is 1.40. The number of anilines is 1. The third kappa shape index (κ3) is 4.29. The minimum atomic E-state index is -3.48. The molecule has 0 bridgehead atoms. The molecule has 2 N–H and O–H groups in total. The van der Waals surface area contributed by atoms with Crippen molar-refractivity contribution in [2.45, 2.75) is 5.03 Å². The SMILES string of the molecule is COCCOCCS(=O)(=O)c1ncccc1N. The highest BCUT2D eigenvalue weighted by molar-refractivity contribution is 7.91. The Labute approximate surface area is 101 Å². The van der Waals surface area contributed by atoms with Crippen LogP contribution < -0.4 is 5.73 Å². The van der Waals surface area contributed by atoms with Gasteiger partial charge in [0.2, 0.25) is 0 Å². The highest BCUT2D eigenvalue weighted by Gasteiger charge is 2.18. The van der Waals surface area contributed by atoms with Gasteiger partial charge in [-0.25, -0.2) is 13.4 Å². The minimum Gasteiger partial charge on any atom is -0.396 e. The van der Waals surface area contributed by atoms with Crippen molar-refractivity contribution in [2.24, 2.45) is 0 Å². The summed E-state index contributed by atoms with van der Waals surface area (Å²) < 4.78 is 33.5. The largest absolute Gasteiger partial charge is 0.396 e. The van der Waals surface area contributed by atoms with E-state index in [0.717, 1.165) is 0 Å². The van der Waals surface area contributed by atoms with Gasteiger partial charge in [-0.05, 0) is 12.1 Å². The second-order valence-electron chi connectivity index (χ2n) is 3.32.